The van der Waals surface area contributed by atoms with Crippen LogP contribution in [0.1, 0.15) is 32.8 Å². The highest BCUT2D eigenvalue weighted by molar-refractivity contribution is 7.89. The Kier molecular flexibility index (Phi) is 6.58. The van der Waals surface area contributed by atoms with Gasteiger partial charge < -0.3 is 5.32 Å². The summed E-state index contributed by atoms with van der Waals surface area (Å²) < 4.78 is 40.3. The van der Waals surface area contributed by atoms with Crippen LogP contribution in [-0.2, 0) is 16.6 Å². The quantitative estimate of drug-likeness (QED) is 0.774. The molecule has 0 radical (unpaired) electrons. The summed E-state index contributed by atoms with van der Waals surface area (Å²) in [6, 6.07) is 3.88. The third-order valence-electron chi connectivity index (χ3n) is 2.91. The molecule has 1 aromatic rings. The molecular formula is C14H23FN2O2S. The van der Waals surface area contributed by atoms with Crippen molar-refractivity contribution in [3.05, 3.63) is 29.6 Å². The molecule has 0 atom stereocenters. The lowest BCUT2D eigenvalue weighted by atomic mass is 10.1. The van der Waals surface area contributed by atoms with Crippen LogP contribution in [-0.4, -0.2) is 21.5 Å². The molecule has 114 valence electrons. The van der Waals surface area contributed by atoms with E-state index in [4.69, 9.17) is 0 Å². The molecule has 0 bridgehead atoms. The van der Waals surface area contributed by atoms with Gasteiger partial charge in [0.1, 0.15) is 5.82 Å². The fourth-order valence-corrected chi connectivity index (χ4v) is 2.78. The minimum Gasteiger partial charge on any atom is -0.313 e. The van der Waals surface area contributed by atoms with Gasteiger partial charge in [0.25, 0.3) is 0 Å². The highest BCUT2D eigenvalue weighted by Crippen LogP contribution is 2.15. The fraction of sp³-hybridized carbons (Fsp3) is 0.571. The van der Waals surface area contributed by atoms with E-state index in [1.165, 1.54) is 18.2 Å². The maximum Gasteiger partial charge on any atom is 0.240 e. The zero-order valence-corrected chi connectivity index (χ0v) is 13.1. The van der Waals surface area contributed by atoms with Crippen LogP contribution in [0.2, 0.25) is 0 Å². The summed E-state index contributed by atoms with van der Waals surface area (Å²) in [5.41, 5.74) is 0.360. The van der Waals surface area contributed by atoms with E-state index in [1.54, 1.807) is 0 Å². The summed E-state index contributed by atoms with van der Waals surface area (Å²) in [7, 11) is -3.56. The van der Waals surface area contributed by atoms with Gasteiger partial charge in [0, 0.05) is 18.7 Å². The van der Waals surface area contributed by atoms with Crippen LogP contribution < -0.4 is 10.0 Å². The van der Waals surface area contributed by atoms with Crippen LogP contribution >= 0.6 is 0 Å². The van der Waals surface area contributed by atoms with Gasteiger partial charge in [-0.3, -0.25) is 0 Å². The zero-order valence-electron chi connectivity index (χ0n) is 12.2. The Balaban J connectivity index is 2.83. The summed E-state index contributed by atoms with van der Waals surface area (Å²) in [5.74, 6) is 0.0299. The van der Waals surface area contributed by atoms with Gasteiger partial charge in [-0.15, -0.1) is 0 Å². The van der Waals surface area contributed by atoms with E-state index in [2.05, 4.69) is 10.0 Å². The SMILES string of the molecule is CCNCc1cc(S(=O)(=O)NCCC(C)C)ccc1F. The molecule has 4 nitrogen and oxygen atoms in total. The molecule has 0 saturated heterocycles. The van der Waals surface area contributed by atoms with Crippen molar-refractivity contribution in [2.24, 2.45) is 5.92 Å². The second-order valence-electron chi connectivity index (χ2n) is 5.11. The molecule has 0 unspecified atom stereocenters. The number of nitrogens with one attached hydrogen (secondary N) is 2. The third-order valence-corrected chi connectivity index (χ3v) is 4.37. The van der Waals surface area contributed by atoms with Crippen molar-refractivity contribution in [3.63, 3.8) is 0 Å². The van der Waals surface area contributed by atoms with Gasteiger partial charge in [0.15, 0.2) is 0 Å². The van der Waals surface area contributed by atoms with Gasteiger partial charge in [0.05, 0.1) is 4.90 Å². The number of sulfonamides is 1. The van der Waals surface area contributed by atoms with Crippen molar-refractivity contribution in [2.45, 2.75) is 38.6 Å². The smallest absolute Gasteiger partial charge is 0.240 e. The van der Waals surface area contributed by atoms with E-state index < -0.39 is 15.8 Å². The summed E-state index contributed by atoms with van der Waals surface area (Å²) in [4.78, 5) is 0.107. The topological polar surface area (TPSA) is 58.2 Å². The average Bonchev–Trinajstić information content (AvgIpc) is 2.36. The monoisotopic (exact) mass is 302 g/mol. The minimum atomic E-state index is -3.56. The Labute approximate surface area is 120 Å². The zero-order chi connectivity index (χ0) is 15.2. The van der Waals surface area contributed by atoms with Crippen LogP contribution in [0.5, 0.6) is 0 Å². The van der Waals surface area contributed by atoms with Gasteiger partial charge >= 0.3 is 0 Å². The largest absolute Gasteiger partial charge is 0.313 e. The molecule has 2 N–H and O–H groups in total. The second-order valence-corrected chi connectivity index (χ2v) is 6.88. The lowest BCUT2D eigenvalue weighted by molar-refractivity contribution is 0.550. The van der Waals surface area contributed by atoms with E-state index in [0.717, 1.165) is 6.42 Å². The molecule has 0 aliphatic carbocycles. The molecule has 1 rings (SSSR count). The Hall–Kier alpha value is -0.980. The van der Waals surface area contributed by atoms with Gasteiger partial charge in [-0.25, -0.2) is 17.5 Å². The highest BCUT2D eigenvalue weighted by Gasteiger charge is 2.15. The molecule has 0 spiro atoms. The van der Waals surface area contributed by atoms with E-state index in [9.17, 15) is 12.8 Å². The van der Waals surface area contributed by atoms with Crippen molar-refractivity contribution >= 4 is 10.0 Å². The molecule has 0 amide bonds. The van der Waals surface area contributed by atoms with Crippen LogP contribution in [0.3, 0.4) is 0 Å². The van der Waals surface area contributed by atoms with Gasteiger partial charge in [-0.2, -0.15) is 0 Å². The number of halogens is 1. The van der Waals surface area contributed by atoms with E-state index in [-0.39, 0.29) is 4.90 Å². The summed E-state index contributed by atoms with van der Waals surface area (Å²) >= 11 is 0. The Bertz CT molecular complexity index is 530. The number of hydrogen-bond donors (Lipinski definition) is 2. The first-order chi connectivity index (χ1) is 9.36. The van der Waals surface area contributed by atoms with E-state index >= 15 is 0 Å². The molecular weight excluding hydrogens is 279 g/mol. The maximum atomic E-state index is 13.6. The number of benzene rings is 1. The fourth-order valence-electron chi connectivity index (χ4n) is 1.68. The predicted molar refractivity (Wildman–Crippen MR) is 78.4 cm³/mol. The molecule has 6 heteroatoms. The summed E-state index contributed by atoms with van der Waals surface area (Å²) in [5, 5.41) is 2.99. The number of rotatable bonds is 8. The van der Waals surface area contributed by atoms with Crippen molar-refractivity contribution < 1.29 is 12.8 Å². The van der Waals surface area contributed by atoms with Crippen molar-refractivity contribution in [1.29, 1.82) is 0 Å². The molecule has 0 fully saturated rings. The normalized spacial score (nSPS) is 12.1. The van der Waals surface area contributed by atoms with Crippen molar-refractivity contribution in [2.75, 3.05) is 13.1 Å². The standard InChI is InChI=1S/C14H23FN2O2S/c1-4-16-10-12-9-13(5-6-14(12)15)20(18,19)17-8-7-11(2)3/h5-6,9,11,16-17H,4,7-8,10H2,1-3H3. The second kappa shape index (κ2) is 7.71. The Morgan fingerprint density at radius 3 is 2.60 bits per heavy atom. The van der Waals surface area contributed by atoms with Gasteiger partial charge in [-0.1, -0.05) is 20.8 Å². The Morgan fingerprint density at radius 2 is 2.00 bits per heavy atom. The first kappa shape index (κ1) is 17.1. The summed E-state index contributed by atoms with van der Waals surface area (Å²) in [6.07, 6.45) is 0.769. The molecule has 1 aromatic carbocycles. The van der Waals surface area contributed by atoms with Crippen LogP contribution in [0.25, 0.3) is 0 Å². The lowest BCUT2D eigenvalue weighted by Crippen LogP contribution is -2.26. The molecule has 0 saturated carbocycles. The van der Waals surface area contributed by atoms with Gasteiger partial charge in [0.2, 0.25) is 10.0 Å². The minimum absolute atomic E-state index is 0.107. The molecule has 0 heterocycles. The maximum absolute atomic E-state index is 13.6. The van der Waals surface area contributed by atoms with E-state index in [1.807, 2.05) is 20.8 Å². The first-order valence-electron chi connectivity index (χ1n) is 6.85. The van der Waals surface area contributed by atoms with Crippen molar-refractivity contribution in [3.8, 4) is 0 Å². The third kappa shape index (κ3) is 5.19. The lowest BCUT2D eigenvalue weighted by Gasteiger charge is -2.10. The van der Waals surface area contributed by atoms with Crippen LogP contribution in [0.4, 0.5) is 4.39 Å². The summed E-state index contributed by atoms with van der Waals surface area (Å²) in [6.45, 7) is 7.37. The van der Waals surface area contributed by atoms with Crippen LogP contribution in [0.15, 0.2) is 23.1 Å². The average molecular weight is 302 g/mol. The Morgan fingerprint density at radius 1 is 1.30 bits per heavy atom. The van der Waals surface area contributed by atoms with Crippen LogP contribution in [0, 0.1) is 11.7 Å². The highest BCUT2D eigenvalue weighted by atomic mass is 32.2. The number of hydrogen-bond acceptors (Lipinski definition) is 3. The first-order valence-corrected chi connectivity index (χ1v) is 8.34. The molecule has 20 heavy (non-hydrogen) atoms. The predicted octanol–water partition coefficient (Wildman–Crippen LogP) is 2.26. The van der Waals surface area contributed by atoms with Crippen molar-refractivity contribution in [1.82, 2.24) is 10.0 Å². The molecule has 0 aliphatic rings. The van der Waals surface area contributed by atoms with Gasteiger partial charge in [-0.05, 0) is 37.1 Å². The molecule has 0 aliphatic heterocycles. The molecule has 0 aromatic heterocycles. The van der Waals surface area contributed by atoms with E-state index in [0.29, 0.717) is 31.1 Å².